The molecule has 3 aromatic rings. The molecule has 0 aliphatic rings. The van der Waals surface area contributed by atoms with Crippen molar-refractivity contribution < 1.29 is 4.79 Å². The molecule has 0 saturated heterocycles. The number of anilines is 1. The van der Waals surface area contributed by atoms with Crippen LogP contribution in [0.15, 0.2) is 54.7 Å². The van der Waals surface area contributed by atoms with E-state index in [2.05, 4.69) is 36.4 Å². The third-order valence-electron chi connectivity index (χ3n) is 4.49. The molecule has 0 aliphatic heterocycles. The Kier molecular flexibility index (Phi) is 4.98. The molecule has 1 aromatic heterocycles. The predicted octanol–water partition coefficient (Wildman–Crippen LogP) is 4.56. The molecule has 4 heteroatoms. The average molecular weight is 333 g/mol. The lowest BCUT2D eigenvalue weighted by Gasteiger charge is -2.14. The van der Waals surface area contributed by atoms with Gasteiger partial charge >= 0.3 is 0 Å². The molecule has 128 valence electrons. The number of benzene rings is 2. The van der Waals surface area contributed by atoms with Crippen LogP contribution in [0, 0.1) is 6.92 Å². The van der Waals surface area contributed by atoms with Crippen molar-refractivity contribution in [1.82, 2.24) is 9.78 Å². The zero-order valence-electron chi connectivity index (χ0n) is 14.9. The molecule has 0 atom stereocenters. The Bertz CT molecular complexity index is 859. The fourth-order valence-corrected chi connectivity index (χ4v) is 3.05. The average Bonchev–Trinajstić information content (AvgIpc) is 3.04. The molecular formula is C21H23N3O. The molecule has 0 bridgehead atoms. The van der Waals surface area contributed by atoms with E-state index in [4.69, 9.17) is 0 Å². The third kappa shape index (κ3) is 3.33. The van der Waals surface area contributed by atoms with Gasteiger partial charge in [0.1, 0.15) is 0 Å². The maximum atomic E-state index is 12.9. The van der Waals surface area contributed by atoms with Crippen LogP contribution in [0.4, 0.5) is 5.69 Å². The zero-order chi connectivity index (χ0) is 17.8. The number of rotatable bonds is 5. The van der Waals surface area contributed by atoms with E-state index in [9.17, 15) is 4.79 Å². The first kappa shape index (κ1) is 17.0. The van der Waals surface area contributed by atoms with Crippen LogP contribution >= 0.6 is 0 Å². The largest absolute Gasteiger partial charge is 0.321 e. The molecule has 25 heavy (non-hydrogen) atoms. The van der Waals surface area contributed by atoms with Crippen molar-refractivity contribution in [2.45, 2.75) is 33.6 Å². The van der Waals surface area contributed by atoms with Crippen LogP contribution in [-0.2, 0) is 12.8 Å². The third-order valence-corrected chi connectivity index (χ3v) is 4.49. The van der Waals surface area contributed by atoms with Gasteiger partial charge in [0.05, 0.1) is 23.1 Å². The molecule has 1 heterocycles. The Morgan fingerprint density at radius 3 is 2.24 bits per heavy atom. The van der Waals surface area contributed by atoms with Gasteiger partial charge in [0.2, 0.25) is 0 Å². The highest BCUT2D eigenvalue weighted by Gasteiger charge is 2.17. The molecule has 4 nitrogen and oxygen atoms in total. The van der Waals surface area contributed by atoms with Gasteiger partial charge in [0.15, 0.2) is 0 Å². The lowest BCUT2D eigenvalue weighted by molar-refractivity contribution is 0.102. The van der Waals surface area contributed by atoms with Gasteiger partial charge in [-0.3, -0.25) is 4.79 Å². The minimum absolute atomic E-state index is 0.115. The maximum Gasteiger partial charge on any atom is 0.259 e. The van der Waals surface area contributed by atoms with Crippen molar-refractivity contribution in [2.24, 2.45) is 0 Å². The van der Waals surface area contributed by atoms with E-state index in [0.29, 0.717) is 5.56 Å². The molecule has 0 radical (unpaired) electrons. The Hall–Kier alpha value is -2.88. The number of para-hydroxylation sites is 2. The summed E-state index contributed by atoms with van der Waals surface area (Å²) in [6.45, 7) is 6.12. The quantitative estimate of drug-likeness (QED) is 0.744. The highest BCUT2D eigenvalue weighted by atomic mass is 16.1. The van der Waals surface area contributed by atoms with Crippen molar-refractivity contribution in [2.75, 3.05) is 5.32 Å². The first-order valence-corrected chi connectivity index (χ1v) is 8.67. The second-order valence-electron chi connectivity index (χ2n) is 6.00. The van der Waals surface area contributed by atoms with Gasteiger partial charge in [0, 0.05) is 5.69 Å². The molecule has 2 aromatic carbocycles. The van der Waals surface area contributed by atoms with Gasteiger partial charge in [0.25, 0.3) is 5.91 Å². The van der Waals surface area contributed by atoms with Gasteiger partial charge < -0.3 is 5.32 Å². The summed E-state index contributed by atoms with van der Waals surface area (Å²) in [6, 6.07) is 16.0. The molecule has 0 aliphatic carbocycles. The molecule has 0 fully saturated rings. The van der Waals surface area contributed by atoms with Gasteiger partial charge in [-0.15, -0.1) is 0 Å². The lowest BCUT2D eigenvalue weighted by Crippen LogP contribution is -2.15. The van der Waals surface area contributed by atoms with Crippen molar-refractivity contribution >= 4 is 11.6 Å². The normalized spacial score (nSPS) is 10.7. The summed E-state index contributed by atoms with van der Waals surface area (Å²) in [5, 5.41) is 7.50. The summed E-state index contributed by atoms with van der Waals surface area (Å²) < 4.78 is 1.79. The highest BCUT2D eigenvalue weighted by Crippen LogP contribution is 2.24. The van der Waals surface area contributed by atoms with Crippen molar-refractivity contribution in [3.63, 3.8) is 0 Å². The topological polar surface area (TPSA) is 46.9 Å². The molecule has 0 unspecified atom stereocenters. The van der Waals surface area contributed by atoms with E-state index in [1.54, 1.807) is 10.9 Å². The van der Waals surface area contributed by atoms with Crippen LogP contribution in [0.1, 0.15) is 41.0 Å². The Balaban J connectivity index is 1.92. The van der Waals surface area contributed by atoms with Gasteiger partial charge in [-0.05, 0) is 43.0 Å². The van der Waals surface area contributed by atoms with E-state index in [0.717, 1.165) is 41.0 Å². The number of amides is 1. The van der Waals surface area contributed by atoms with E-state index >= 15 is 0 Å². The van der Waals surface area contributed by atoms with Crippen LogP contribution in [0.3, 0.4) is 0 Å². The SMILES string of the molecule is CCc1cccc(CC)c1NC(=O)c1cnn(-c2ccccc2)c1C. The number of nitrogens with zero attached hydrogens (tertiary/aromatic N) is 2. The van der Waals surface area contributed by atoms with Crippen LogP contribution in [0.25, 0.3) is 5.69 Å². The van der Waals surface area contributed by atoms with Crippen LogP contribution in [0.5, 0.6) is 0 Å². The summed E-state index contributed by atoms with van der Waals surface area (Å²) in [7, 11) is 0. The number of hydrogen-bond acceptors (Lipinski definition) is 2. The number of aromatic nitrogens is 2. The molecule has 0 spiro atoms. The van der Waals surface area contributed by atoms with E-state index < -0.39 is 0 Å². The molecule has 0 saturated carbocycles. The molecular weight excluding hydrogens is 310 g/mol. The summed E-state index contributed by atoms with van der Waals surface area (Å²) >= 11 is 0. The number of nitrogens with one attached hydrogen (secondary N) is 1. The fourth-order valence-electron chi connectivity index (χ4n) is 3.05. The first-order valence-electron chi connectivity index (χ1n) is 8.67. The summed E-state index contributed by atoms with van der Waals surface area (Å²) in [4.78, 5) is 12.9. The van der Waals surface area contributed by atoms with Crippen molar-refractivity contribution in [3.05, 3.63) is 77.1 Å². The molecule has 3 rings (SSSR count). The molecule has 1 N–H and O–H groups in total. The highest BCUT2D eigenvalue weighted by molar-refractivity contribution is 6.05. The number of aryl methyl sites for hydroxylation is 2. The maximum absolute atomic E-state index is 12.9. The van der Waals surface area contributed by atoms with E-state index in [-0.39, 0.29) is 5.91 Å². The smallest absolute Gasteiger partial charge is 0.259 e. The zero-order valence-corrected chi connectivity index (χ0v) is 14.9. The van der Waals surface area contributed by atoms with E-state index in [1.165, 1.54) is 0 Å². The number of carbonyl (C=O) groups is 1. The van der Waals surface area contributed by atoms with Gasteiger partial charge in [-0.2, -0.15) is 5.10 Å². The fraction of sp³-hybridized carbons (Fsp3) is 0.238. The second-order valence-corrected chi connectivity index (χ2v) is 6.00. The van der Waals surface area contributed by atoms with Crippen molar-refractivity contribution in [1.29, 1.82) is 0 Å². The Labute approximate surface area is 148 Å². The van der Waals surface area contributed by atoms with E-state index in [1.807, 2.05) is 43.3 Å². The minimum atomic E-state index is -0.115. The van der Waals surface area contributed by atoms with Crippen LogP contribution in [-0.4, -0.2) is 15.7 Å². The van der Waals surface area contributed by atoms with Crippen LogP contribution in [0.2, 0.25) is 0 Å². The summed E-state index contributed by atoms with van der Waals surface area (Å²) in [5.41, 5.74) is 5.61. The predicted molar refractivity (Wildman–Crippen MR) is 101 cm³/mol. The lowest BCUT2D eigenvalue weighted by atomic mass is 10.0. The van der Waals surface area contributed by atoms with Crippen molar-refractivity contribution in [3.8, 4) is 5.69 Å². The number of carbonyl (C=O) groups excluding carboxylic acids is 1. The number of hydrogen-bond donors (Lipinski definition) is 1. The van der Waals surface area contributed by atoms with Gasteiger partial charge in [-0.25, -0.2) is 4.68 Å². The summed E-state index contributed by atoms with van der Waals surface area (Å²) in [5.74, 6) is -0.115. The minimum Gasteiger partial charge on any atom is -0.321 e. The Morgan fingerprint density at radius 1 is 1.00 bits per heavy atom. The van der Waals surface area contributed by atoms with Gasteiger partial charge in [-0.1, -0.05) is 50.2 Å². The Morgan fingerprint density at radius 2 is 1.64 bits per heavy atom. The first-order chi connectivity index (χ1) is 12.2. The summed E-state index contributed by atoms with van der Waals surface area (Å²) in [6.07, 6.45) is 3.40. The monoisotopic (exact) mass is 333 g/mol. The van der Waals surface area contributed by atoms with Crippen LogP contribution < -0.4 is 5.32 Å². The second kappa shape index (κ2) is 7.34. The molecule has 1 amide bonds. The standard InChI is InChI=1S/C21H23N3O/c1-4-16-10-9-11-17(5-2)20(16)23-21(25)19-14-22-24(15(19)3)18-12-7-6-8-13-18/h6-14H,4-5H2,1-3H3,(H,23,25).